The summed E-state index contributed by atoms with van der Waals surface area (Å²) in [5.41, 5.74) is 1.46. The molecule has 0 aliphatic carbocycles. The van der Waals surface area contributed by atoms with E-state index in [9.17, 15) is 4.79 Å². The van der Waals surface area contributed by atoms with Gasteiger partial charge in [-0.1, -0.05) is 25.1 Å². The smallest absolute Gasteiger partial charge is 0.251 e. The molecule has 0 saturated carbocycles. The zero-order valence-electron chi connectivity index (χ0n) is 18.1. The fourth-order valence-corrected chi connectivity index (χ4v) is 2.83. The van der Waals surface area contributed by atoms with Crippen LogP contribution in [0.15, 0.2) is 47.2 Å². The molecule has 0 fully saturated rings. The predicted octanol–water partition coefficient (Wildman–Crippen LogP) is 3.93. The number of rotatable bonds is 11. The van der Waals surface area contributed by atoms with Crippen molar-refractivity contribution in [1.82, 2.24) is 20.4 Å². The van der Waals surface area contributed by atoms with E-state index in [-0.39, 0.29) is 11.8 Å². The second-order valence-electron chi connectivity index (χ2n) is 7.30. The van der Waals surface area contributed by atoms with Crippen molar-refractivity contribution < 1.29 is 18.8 Å². The van der Waals surface area contributed by atoms with Crippen LogP contribution >= 0.6 is 0 Å². The Morgan fingerprint density at radius 3 is 2.77 bits per heavy atom. The molecule has 0 bridgehead atoms. The molecule has 0 saturated heterocycles. The lowest BCUT2D eigenvalue weighted by Crippen LogP contribution is -2.24. The van der Waals surface area contributed by atoms with Crippen LogP contribution in [0.1, 0.15) is 60.7 Å². The molecule has 8 nitrogen and oxygen atoms in total. The zero-order chi connectivity index (χ0) is 22.1. The van der Waals surface area contributed by atoms with E-state index in [1.165, 1.54) is 0 Å². The first-order valence-corrected chi connectivity index (χ1v) is 10.5. The summed E-state index contributed by atoms with van der Waals surface area (Å²) in [6.07, 6.45) is 4.79. The van der Waals surface area contributed by atoms with E-state index in [4.69, 9.17) is 14.0 Å². The third kappa shape index (κ3) is 6.53. The highest BCUT2D eigenvalue weighted by Crippen LogP contribution is 2.29. The molecule has 1 amide bonds. The standard InChI is InChI=1S/C23H28N4O4/c1-4-29-20-13-18(9-10-19(20)30-15-17-7-5-11-24-14-17)23(28)25-12-6-8-21-26-22(16(2)3)27-31-21/h5,7,9-11,13-14,16H,4,6,8,12,15H2,1-3H3,(H,25,28). The summed E-state index contributed by atoms with van der Waals surface area (Å²) in [4.78, 5) is 20.9. The fraction of sp³-hybridized carbons (Fsp3) is 0.391. The third-order valence-corrected chi connectivity index (χ3v) is 4.48. The molecule has 3 rings (SSSR count). The van der Waals surface area contributed by atoms with Gasteiger partial charge in [-0.25, -0.2) is 0 Å². The molecule has 0 aliphatic rings. The summed E-state index contributed by atoms with van der Waals surface area (Å²) in [6.45, 7) is 7.26. The minimum absolute atomic E-state index is 0.173. The Morgan fingerprint density at radius 2 is 2.06 bits per heavy atom. The highest BCUT2D eigenvalue weighted by Gasteiger charge is 2.13. The van der Waals surface area contributed by atoms with E-state index in [1.54, 1.807) is 30.6 Å². The number of ether oxygens (including phenoxy) is 2. The highest BCUT2D eigenvalue weighted by atomic mass is 16.5. The summed E-state index contributed by atoms with van der Waals surface area (Å²) in [7, 11) is 0. The summed E-state index contributed by atoms with van der Waals surface area (Å²) in [5.74, 6) is 2.46. The molecule has 0 unspecified atom stereocenters. The van der Waals surface area contributed by atoms with Crippen LogP contribution in [0.3, 0.4) is 0 Å². The van der Waals surface area contributed by atoms with Gasteiger partial charge in [-0.3, -0.25) is 9.78 Å². The number of pyridine rings is 1. The Labute approximate surface area is 182 Å². The highest BCUT2D eigenvalue weighted by molar-refractivity contribution is 5.94. The van der Waals surface area contributed by atoms with Gasteiger partial charge in [0.2, 0.25) is 5.89 Å². The van der Waals surface area contributed by atoms with E-state index in [0.717, 1.165) is 5.56 Å². The molecule has 3 aromatic rings. The van der Waals surface area contributed by atoms with Crippen molar-refractivity contribution >= 4 is 5.91 Å². The molecular formula is C23H28N4O4. The van der Waals surface area contributed by atoms with Crippen LogP contribution in [-0.4, -0.2) is 34.2 Å². The van der Waals surface area contributed by atoms with Crippen molar-refractivity contribution in [2.24, 2.45) is 0 Å². The Hall–Kier alpha value is -3.42. The number of benzene rings is 1. The Balaban J connectivity index is 1.53. The van der Waals surface area contributed by atoms with Crippen LogP contribution in [0.25, 0.3) is 0 Å². The van der Waals surface area contributed by atoms with E-state index in [2.05, 4.69) is 20.4 Å². The van der Waals surface area contributed by atoms with Gasteiger partial charge in [0.15, 0.2) is 17.3 Å². The fourth-order valence-electron chi connectivity index (χ4n) is 2.83. The van der Waals surface area contributed by atoms with Gasteiger partial charge in [-0.15, -0.1) is 0 Å². The molecule has 0 spiro atoms. The van der Waals surface area contributed by atoms with Gasteiger partial charge in [0.25, 0.3) is 5.91 Å². The van der Waals surface area contributed by atoms with Crippen LogP contribution < -0.4 is 14.8 Å². The summed E-state index contributed by atoms with van der Waals surface area (Å²) in [6, 6.07) is 8.97. The van der Waals surface area contributed by atoms with Gasteiger partial charge in [0, 0.05) is 42.4 Å². The SMILES string of the molecule is CCOc1cc(C(=O)NCCCc2nc(C(C)C)no2)ccc1OCc1cccnc1. The van der Waals surface area contributed by atoms with Crippen molar-refractivity contribution in [2.75, 3.05) is 13.2 Å². The summed E-state index contributed by atoms with van der Waals surface area (Å²) in [5, 5.41) is 6.86. The third-order valence-electron chi connectivity index (χ3n) is 4.48. The minimum Gasteiger partial charge on any atom is -0.490 e. The number of hydrogen-bond acceptors (Lipinski definition) is 7. The molecule has 1 aromatic carbocycles. The van der Waals surface area contributed by atoms with Gasteiger partial charge in [-0.2, -0.15) is 4.98 Å². The number of amides is 1. The number of hydrogen-bond donors (Lipinski definition) is 1. The van der Waals surface area contributed by atoms with E-state index in [1.807, 2.05) is 32.9 Å². The molecule has 31 heavy (non-hydrogen) atoms. The second kappa shape index (κ2) is 11.1. The van der Waals surface area contributed by atoms with Crippen molar-refractivity contribution in [3.05, 3.63) is 65.6 Å². The predicted molar refractivity (Wildman–Crippen MR) is 115 cm³/mol. The first kappa shape index (κ1) is 22.3. The first-order chi connectivity index (χ1) is 15.1. The van der Waals surface area contributed by atoms with E-state index >= 15 is 0 Å². The van der Waals surface area contributed by atoms with Crippen molar-refractivity contribution in [3.63, 3.8) is 0 Å². The number of nitrogens with one attached hydrogen (secondary N) is 1. The molecule has 2 heterocycles. The van der Waals surface area contributed by atoms with E-state index in [0.29, 0.717) is 61.4 Å². The average molecular weight is 425 g/mol. The normalized spacial score (nSPS) is 10.8. The number of aryl methyl sites for hydroxylation is 1. The molecule has 0 atom stereocenters. The van der Waals surface area contributed by atoms with Gasteiger partial charge in [-0.05, 0) is 37.6 Å². The van der Waals surface area contributed by atoms with E-state index < -0.39 is 0 Å². The molecule has 8 heteroatoms. The van der Waals surface area contributed by atoms with Gasteiger partial charge < -0.3 is 19.3 Å². The minimum atomic E-state index is -0.173. The lowest BCUT2D eigenvalue weighted by Gasteiger charge is -2.13. The summed E-state index contributed by atoms with van der Waals surface area (Å²) >= 11 is 0. The van der Waals surface area contributed by atoms with Gasteiger partial charge in [0.1, 0.15) is 6.61 Å². The van der Waals surface area contributed by atoms with Crippen LogP contribution in [0.2, 0.25) is 0 Å². The quantitative estimate of drug-likeness (QED) is 0.466. The number of nitrogens with zero attached hydrogens (tertiary/aromatic N) is 3. The second-order valence-corrected chi connectivity index (χ2v) is 7.30. The molecule has 0 aliphatic heterocycles. The van der Waals surface area contributed by atoms with Crippen molar-refractivity contribution in [1.29, 1.82) is 0 Å². The molecule has 164 valence electrons. The number of aromatic nitrogens is 3. The van der Waals surface area contributed by atoms with Crippen LogP contribution in [0.5, 0.6) is 11.5 Å². The van der Waals surface area contributed by atoms with Gasteiger partial charge in [0.05, 0.1) is 6.61 Å². The molecule has 0 radical (unpaired) electrons. The Kier molecular flexibility index (Phi) is 7.98. The number of carbonyl (C=O) groups excluding carboxylic acids is 1. The zero-order valence-corrected chi connectivity index (χ0v) is 18.1. The van der Waals surface area contributed by atoms with Crippen molar-refractivity contribution in [3.8, 4) is 11.5 Å². The molecule has 1 N–H and O–H groups in total. The lowest BCUT2D eigenvalue weighted by atomic mass is 10.2. The number of carbonyl (C=O) groups is 1. The maximum absolute atomic E-state index is 12.5. The monoisotopic (exact) mass is 424 g/mol. The van der Waals surface area contributed by atoms with Crippen LogP contribution in [0, 0.1) is 0 Å². The summed E-state index contributed by atoms with van der Waals surface area (Å²) < 4.78 is 16.7. The largest absolute Gasteiger partial charge is 0.490 e. The Morgan fingerprint density at radius 1 is 1.19 bits per heavy atom. The lowest BCUT2D eigenvalue weighted by molar-refractivity contribution is 0.0952. The molecule has 2 aromatic heterocycles. The maximum atomic E-state index is 12.5. The first-order valence-electron chi connectivity index (χ1n) is 10.5. The molecular weight excluding hydrogens is 396 g/mol. The maximum Gasteiger partial charge on any atom is 0.251 e. The Bertz CT molecular complexity index is 973. The van der Waals surface area contributed by atoms with Crippen LogP contribution in [0.4, 0.5) is 0 Å². The van der Waals surface area contributed by atoms with Crippen LogP contribution in [-0.2, 0) is 13.0 Å². The van der Waals surface area contributed by atoms with Crippen molar-refractivity contribution in [2.45, 2.75) is 46.1 Å². The van der Waals surface area contributed by atoms with Gasteiger partial charge >= 0.3 is 0 Å². The topological polar surface area (TPSA) is 99.4 Å². The average Bonchev–Trinajstić information content (AvgIpc) is 3.26.